The van der Waals surface area contributed by atoms with Gasteiger partial charge in [-0.25, -0.2) is 4.68 Å². The smallest absolute Gasteiger partial charge is 0.251 e. The van der Waals surface area contributed by atoms with Crippen LogP contribution in [0.1, 0.15) is 32.9 Å². The molecule has 0 aliphatic carbocycles. The van der Waals surface area contributed by atoms with Gasteiger partial charge < -0.3 is 5.32 Å². The summed E-state index contributed by atoms with van der Waals surface area (Å²) in [7, 11) is 0. The summed E-state index contributed by atoms with van der Waals surface area (Å²) in [6, 6.07) is 17.7. The fourth-order valence-corrected chi connectivity index (χ4v) is 2.63. The number of amides is 1. The van der Waals surface area contributed by atoms with Crippen LogP contribution in [0.15, 0.2) is 54.6 Å². The van der Waals surface area contributed by atoms with Crippen molar-refractivity contribution in [2.24, 2.45) is 0 Å². The van der Waals surface area contributed by atoms with Crippen molar-refractivity contribution in [2.75, 3.05) is 0 Å². The molecule has 24 heavy (non-hydrogen) atoms. The van der Waals surface area contributed by atoms with Crippen molar-refractivity contribution in [3.05, 3.63) is 82.7 Å². The maximum atomic E-state index is 12.3. The van der Waals surface area contributed by atoms with Crippen molar-refractivity contribution >= 4 is 5.91 Å². The van der Waals surface area contributed by atoms with E-state index in [-0.39, 0.29) is 5.91 Å². The first-order chi connectivity index (χ1) is 11.5. The molecule has 0 saturated carbocycles. The minimum atomic E-state index is -0.0736. The van der Waals surface area contributed by atoms with Crippen molar-refractivity contribution in [2.45, 2.75) is 27.3 Å². The van der Waals surface area contributed by atoms with Gasteiger partial charge in [0.25, 0.3) is 5.91 Å². The summed E-state index contributed by atoms with van der Waals surface area (Å²) in [5.74, 6) is -0.0736. The Morgan fingerprint density at radius 2 is 1.67 bits per heavy atom. The Hall–Kier alpha value is -2.88. The van der Waals surface area contributed by atoms with Gasteiger partial charge in [0.15, 0.2) is 0 Å². The Labute approximate surface area is 142 Å². The molecular weight excluding hydrogens is 298 g/mol. The highest BCUT2D eigenvalue weighted by Gasteiger charge is 2.07. The van der Waals surface area contributed by atoms with E-state index in [1.807, 2.05) is 80.1 Å². The molecule has 0 unspecified atom stereocenters. The maximum absolute atomic E-state index is 12.3. The van der Waals surface area contributed by atoms with Crippen molar-refractivity contribution < 1.29 is 4.79 Å². The van der Waals surface area contributed by atoms with Crippen LogP contribution in [0.4, 0.5) is 0 Å². The van der Waals surface area contributed by atoms with Crippen LogP contribution in [0.3, 0.4) is 0 Å². The lowest BCUT2D eigenvalue weighted by Gasteiger charge is -2.08. The van der Waals surface area contributed by atoms with Crippen molar-refractivity contribution in [3.8, 4) is 5.69 Å². The van der Waals surface area contributed by atoms with Crippen LogP contribution < -0.4 is 5.32 Å². The number of nitrogens with zero attached hydrogens (tertiary/aromatic N) is 2. The molecule has 0 aliphatic rings. The molecule has 0 spiro atoms. The molecule has 0 atom stereocenters. The van der Waals surface area contributed by atoms with Gasteiger partial charge in [0.05, 0.1) is 11.4 Å². The number of aryl methyl sites for hydroxylation is 3. The zero-order valence-corrected chi connectivity index (χ0v) is 14.2. The van der Waals surface area contributed by atoms with E-state index in [9.17, 15) is 4.79 Å². The predicted octanol–water partition coefficient (Wildman–Crippen LogP) is 3.73. The molecule has 2 aromatic carbocycles. The Bertz CT molecular complexity index is 846. The first-order valence-corrected chi connectivity index (χ1v) is 8.00. The number of nitrogens with one attached hydrogen (secondary N) is 1. The molecule has 0 aliphatic heterocycles. The highest BCUT2D eigenvalue weighted by Crippen LogP contribution is 2.13. The van der Waals surface area contributed by atoms with Crippen LogP contribution in [-0.4, -0.2) is 15.7 Å². The first-order valence-electron chi connectivity index (χ1n) is 8.00. The Balaban J connectivity index is 1.67. The van der Waals surface area contributed by atoms with Gasteiger partial charge in [-0.05, 0) is 56.7 Å². The summed E-state index contributed by atoms with van der Waals surface area (Å²) in [6.07, 6.45) is 0. The third-order valence-electron chi connectivity index (χ3n) is 3.96. The molecule has 1 aromatic heterocycles. The third kappa shape index (κ3) is 3.54. The van der Waals surface area contributed by atoms with Gasteiger partial charge in [0.2, 0.25) is 0 Å². The van der Waals surface area contributed by atoms with Crippen molar-refractivity contribution in [1.82, 2.24) is 15.1 Å². The minimum absolute atomic E-state index is 0.0736. The Morgan fingerprint density at radius 3 is 2.25 bits per heavy atom. The molecule has 1 N–H and O–H groups in total. The van der Waals surface area contributed by atoms with Gasteiger partial charge in [-0.15, -0.1) is 0 Å². The molecule has 4 heteroatoms. The molecule has 1 heterocycles. The monoisotopic (exact) mass is 319 g/mol. The van der Waals surface area contributed by atoms with Crippen LogP contribution in [0.2, 0.25) is 0 Å². The second-order valence-corrected chi connectivity index (χ2v) is 6.05. The second-order valence-electron chi connectivity index (χ2n) is 6.05. The molecule has 0 saturated heterocycles. The van der Waals surface area contributed by atoms with Gasteiger partial charge in [-0.1, -0.05) is 29.8 Å². The number of carbonyl (C=O) groups excluding carboxylic acids is 1. The third-order valence-corrected chi connectivity index (χ3v) is 3.96. The summed E-state index contributed by atoms with van der Waals surface area (Å²) in [5, 5.41) is 7.40. The molecule has 1 amide bonds. The summed E-state index contributed by atoms with van der Waals surface area (Å²) in [6.45, 7) is 6.56. The van der Waals surface area contributed by atoms with Gasteiger partial charge >= 0.3 is 0 Å². The molecule has 4 nitrogen and oxygen atoms in total. The molecular formula is C20H21N3O. The first kappa shape index (κ1) is 16.0. The number of hydrogen-bond donors (Lipinski definition) is 1. The van der Waals surface area contributed by atoms with Crippen LogP contribution in [0, 0.1) is 20.8 Å². The number of rotatable bonds is 4. The van der Waals surface area contributed by atoms with Gasteiger partial charge in [0, 0.05) is 17.8 Å². The Kier molecular flexibility index (Phi) is 4.47. The van der Waals surface area contributed by atoms with Crippen LogP contribution >= 0.6 is 0 Å². The lowest BCUT2D eigenvalue weighted by Crippen LogP contribution is -2.22. The summed E-state index contributed by atoms with van der Waals surface area (Å²) < 4.78 is 1.88. The molecule has 3 aromatic rings. The number of carbonyl (C=O) groups is 1. The van der Waals surface area contributed by atoms with Crippen LogP contribution in [-0.2, 0) is 6.54 Å². The topological polar surface area (TPSA) is 46.9 Å². The fourth-order valence-electron chi connectivity index (χ4n) is 2.63. The number of aromatic nitrogens is 2. The van der Waals surface area contributed by atoms with E-state index in [0.29, 0.717) is 12.1 Å². The molecule has 0 fully saturated rings. The average molecular weight is 319 g/mol. The second kappa shape index (κ2) is 6.71. The van der Waals surface area contributed by atoms with Crippen molar-refractivity contribution in [3.63, 3.8) is 0 Å². The Morgan fingerprint density at radius 1 is 1.00 bits per heavy atom. The average Bonchev–Trinajstić information content (AvgIpc) is 2.92. The van der Waals surface area contributed by atoms with Gasteiger partial charge in [0.1, 0.15) is 0 Å². The molecule has 0 radical (unpaired) electrons. The number of benzene rings is 2. The van der Waals surface area contributed by atoms with E-state index in [0.717, 1.165) is 22.6 Å². The summed E-state index contributed by atoms with van der Waals surface area (Å²) in [4.78, 5) is 12.3. The van der Waals surface area contributed by atoms with Crippen LogP contribution in [0.25, 0.3) is 5.69 Å². The highest BCUT2D eigenvalue weighted by atomic mass is 16.1. The zero-order chi connectivity index (χ0) is 17.1. The van der Waals surface area contributed by atoms with Gasteiger partial charge in [-0.2, -0.15) is 5.10 Å². The van der Waals surface area contributed by atoms with E-state index in [2.05, 4.69) is 10.4 Å². The van der Waals surface area contributed by atoms with E-state index < -0.39 is 0 Å². The largest absolute Gasteiger partial charge is 0.348 e. The van der Waals surface area contributed by atoms with Crippen LogP contribution in [0.5, 0.6) is 0 Å². The zero-order valence-electron chi connectivity index (χ0n) is 14.2. The van der Waals surface area contributed by atoms with Gasteiger partial charge in [-0.3, -0.25) is 4.79 Å². The highest BCUT2D eigenvalue weighted by molar-refractivity contribution is 5.94. The SMILES string of the molecule is Cc1ccc(CNC(=O)c2ccc(-n3nc(C)cc3C)cc2)cc1. The van der Waals surface area contributed by atoms with E-state index in [1.165, 1.54) is 5.56 Å². The maximum Gasteiger partial charge on any atom is 0.251 e. The normalized spacial score (nSPS) is 10.6. The lowest BCUT2D eigenvalue weighted by atomic mass is 10.1. The van der Waals surface area contributed by atoms with E-state index in [1.54, 1.807) is 0 Å². The summed E-state index contributed by atoms with van der Waals surface area (Å²) in [5.41, 5.74) is 5.96. The lowest BCUT2D eigenvalue weighted by molar-refractivity contribution is 0.0951. The van der Waals surface area contributed by atoms with E-state index >= 15 is 0 Å². The standard InChI is InChI=1S/C20H21N3O/c1-14-4-6-17(7-5-14)13-21-20(24)18-8-10-19(11-9-18)23-16(3)12-15(2)22-23/h4-12H,13H2,1-3H3,(H,21,24). The minimum Gasteiger partial charge on any atom is -0.348 e. The molecule has 122 valence electrons. The predicted molar refractivity (Wildman–Crippen MR) is 95.4 cm³/mol. The molecule has 3 rings (SSSR count). The summed E-state index contributed by atoms with van der Waals surface area (Å²) >= 11 is 0. The van der Waals surface area contributed by atoms with Crippen molar-refractivity contribution in [1.29, 1.82) is 0 Å². The molecule has 0 bridgehead atoms. The van der Waals surface area contributed by atoms with E-state index in [4.69, 9.17) is 0 Å². The fraction of sp³-hybridized carbons (Fsp3) is 0.200. The quantitative estimate of drug-likeness (QED) is 0.796. The number of hydrogen-bond acceptors (Lipinski definition) is 2.